The van der Waals surface area contributed by atoms with Crippen LogP contribution in [0.5, 0.6) is 0 Å². The molecule has 2 rings (SSSR count). The number of nitrogens with two attached hydrogens (primary N) is 1. The topological polar surface area (TPSA) is 55.1 Å². The Morgan fingerprint density at radius 1 is 1.21 bits per heavy atom. The Kier molecular flexibility index (Phi) is 3.51. The van der Waals surface area contributed by atoms with Crippen molar-refractivity contribution >= 4 is 17.3 Å². The van der Waals surface area contributed by atoms with E-state index in [4.69, 9.17) is 5.73 Å². The van der Waals surface area contributed by atoms with E-state index in [9.17, 15) is 9.18 Å². The molecule has 3 N–H and O–H groups in total. The third-order valence-corrected chi connectivity index (χ3v) is 2.99. The number of carbonyl (C=O) groups excluding carboxylic acids is 1. The van der Waals surface area contributed by atoms with Gasteiger partial charge in [-0.2, -0.15) is 0 Å². The van der Waals surface area contributed by atoms with Crippen molar-refractivity contribution in [2.45, 2.75) is 13.8 Å². The van der Waals surface area contributed by atoms with Crippen LogP contribution in [0.15, 0.2) is 36.4 Å². The summed E-state index contributed by atoms with van der Waals surface area (Å²) >= 11 is 0. The summed E-state index contributed by atoms with van der Waals surface area (Å²) in [6, 6.07) is 9.65. The first-order chi connectivity index (χ1) is 8.99. The van der Waals surface area contributed by atoms with E-state index in [0.29, 0.717) is 16.8 Å². The van der Waals surface area contributed by atoms with Crippen LogP contribution in [0.2, 0.25) is 0 Å². The highest BCUT2D eigenvalue weighted by atomic mass is 19.1. The van der Waals surface area contributed by atoms with Crippen LogP contribution in [0.3, 0.4) is 0 Å². The lowest BCUT2D eigenvalue weighted by Gasteiger charge is -2.10. The number of rotatable bonds is 2. The molecule has 0 spiro atoms. The maximum Gasteiger partial charge on any atom is 0.256 e. The van der Waals surface area contributed by atoms with Gasteiger partial charge in [0.25, 0.3) is 5.91 Å². The molecule has 1 amide bonds. The number of hydrogen-bond acceptors (Lipinski definition) is 2. The third-order valence-electron chi connectivity index (χ3n) is 2.99. The molecular formula is C15H15FN2O. The van der Waals surface area contributed by atoms with Gasteiger partial charge in [-0.15, -0.1) is 0 Å². The number of nitrogens with one attached hydrogen (secondary N) is 1. The number of nitrogen functional groups attached to an aromatic ring is 1. The number of hydrogen-bond donors (Lipinski definition) is 2. The lowest BCUT2D eigenvalue weighted by molar-refractivity contribution is 0.102. The zero-order chi connectivity index (χ0) is 14.0. The second-order valence-corrected chi connectivity index (χ2v) is 4.46. The molecule has 0 aliphatic heterocycles. The van der Waals surface area contributed by atoms with Crippen LogP contribution >= 0.6 is 0 Å². The van der Waals surface area contributed by atoms with Crippen LogP contribution in [0.4, 0.5) is 15.8 Å². The van der Waals surface area contributed by atoms with Crippen molar-refractivity contribution in [2.75, 3.05) is 11.1 Å². The number of halogens is 1. The van der Waals surface area contributed by atoms with Gasteiger partial charge in [0.15, 0.2) is 0 Å². The maximum absolute atomic E-state index is 13.6. The molecule has 0 atom stereocenters. The third kappa shape index (κ3) is 2.73. The van der Waals surface area contributed by atoms with E-state index >= 15 is 0 Å². The van der Waals surface area contributed by atoms with Gasteiger partial charge in [0.05, 0.1) is 5.69 Å². The first-order valence-electron chi connectivity index (χ1n) is 5.91. The highest BCUT2D eigenvalue weighted by Crippen LogP contribution is 2.20. The molecule has 0 fully saturated rings. The molecule has 2 aromatic carbocycles. The summed E-state index contributed by atoms with van der Waals surface area (Å²) in [7, 11) is 0. The molecule has 3 nitrogen and oxygen atoms in total. The van der Waals surface area contributed by atoms with Crippen molar-refractivity contribution in [3.8, 4) is 0 Å². The normalized spacial score (nSPS) is 10.3. The molecule has 0 radical (unpaired) electrons. The fourth-order valence-corrected chi connectivity index (χ4v) is 1.82. The molecule has 0 unspecified atom stereocenters. The molecule has 0 saturated carbocycles. The summed E-state index contributed by atoms with van der Waals surface area (Å²) in [6.45, 7) is 3.59. The SMILES string of the molecule is Cc1ccc(F)c(NC(=O)c2cccc(N)c2C)c1. The highest BCUT2D eigenvalue weighted by molar-refractivity contribution is 6.06. The standard InChI is InChI=1S/C15H15FN2O/c1-9-6-7-12(16)14(8-9)18-15(19)11-4-3-5-13(17)10(11)2/h3-8H,17H2,1-2H3,(H,18,19). The van der Waals surface area contributed by atoms with Crippen molar-refractivity contribution in [2.24, 2.45) is 0 Å². The molecule has 4 heteroatoms. The van der Waals surface area contributed by atoms with Gasteiger partial charge in [-0.3, -0.25) is 4.79 Å². The number of benzene rings is 2. The highest BCUT2D eigenvalue weighted by Gasteiger charge is 2.12. The van der Waals surface area contributed by atoms with Gasteiger partial charge in [0.1, 0.15) is 5.82 Å². The first-order valence-corrected chi connectivity index (χ1v) is 5.91. The zero-order valence-corrected chi connectivity index (χ0v) is 10.8. The maximum atomic E-state index is 13.6. The van der Waals surface area contributed by atoms with Crippen LogP contribution in [0.25, 0.3) is 0 Å². The molecule has 19 heavy (non-hydrogen) atoms. The van der Waals surface area contributed by atoms with Crippen LogP contribution in [-0.2, 0) is 0 Å². The summed E-state index contributed by atoms with van der Waals surface area (Å²) < 4.78 is 13.6. The van der Waals surface area contributed by atoms with Crippen molar-refractivity contribution in [3.05, 3.63) is 58.9 Å². The van der Waals surface area contributed by atoms with Gasteiger partial charge in [0.2, 0.25) is 0 Å². The number of anilines is 2. The Morgan fingerprint density at radius 3 is 2.68 bits per heavy atom. The van der Waals surface area contributed by atoms with Crippen molar-refractivity contribution in [1.29, 1.82) is 0 Å². The lowest BCUT2D eigenvalue weighted by Crippen LogP contribution is -2.15. The summed E-state index contributed by atoms with van der Waals surface area (Å²) in [5.41, 5.74) is 8.47. The van der Waals surface area contributed by atoms with E-state index in [2.05, 4.69) is 5.32 Å². The number of amides is 1. The van der Waals surface area contributed by atoms with Gasteiger partial charge in [-0.25, -0.2) is 4.39 Å². The summed E-state index contributed by atoms with van der Waals surface area (Å²) in [5.74, 6) is -0.824. The van der Waals surface area contributed by atoms with Gasteiger partial charge in [0, 0.05) is 11.3 Å². The molecule has 0 aromatic heterocycles. The molecule has 0 aliphatic carbocycles. The van der Waals surface area contributed by atoms with Crippen LogP contribution in [0.1, 0.15) is 21.5 Å². The van der Waals surface area contributed by atoms with Gasteiger partial charge < -0.3 is 11.1 Å². The fraction of sp³-hybridized carbons (Fsp3) is 0.133. The lowest BCUT2D eigenvalue weighted by atomic mass is 10.1. The first kappa shape index (κ1) is 13.1. The Bertz CT molecular complexity index is 638. The average Bonchev–Trinajstić information content (AvgIpc) is 2.37. The van der Waals surface area contributed by atoms with Crippen molar-refractivity contribution in [3.63, 3.8) is 0 Å². The molecule has 2 aromatic rings. The van der Waals surface area contributed by atoms with E-state index in [1.165, 1.54) is 6.07 Å². The minimum atomic E-state index is -0.458. The minimum absolute atomic E-state index is 0.173. The largest absolute Gasteiger partial charge is 0.398 e. The molecule has 98 valence electrons. The Hall–Kier alpha value is -2.36. The predicted octanol–water partition coefficient (Wildman–Crippen LogP) is 3.28. The quantitative estimate of drug-likeness (QED) is 0.812. The number of carbonyl (C=O) groups is 1. The van der Waals surface area contributed by atoms with Crippen LogP contribution < -0.4 is 11.1 Å². The second-order valence-electron chi connectivity index (χ2n) is 4.46. The smallest absolute Gasteiger partial charge is 0.256 e. The van der Waals surface area contributed by atoms with Crippen molar-refractivity contribution in [1.82, 2.24) is 0 Å². The summed E-state index contributed by atoms with van der Waals surface area (Å²) in [6.07, 6.45) is 0. The number of aryl methyl sites for hydroxylation is 1. The molecule has 0 aliphatic rings. The summed E-state index contributed by atoms with van der Waals surface area (Å²) in [4.78, 5) is 12.1. The molecule has 0 heterocycles. The average molecular weight is 258 g/mol. The molecular weight excluding hydrogens is 243 g/mol. The summed E-state index contributed by atoms with van der Waals surface area (Å²) in [5, 5.41) is 2.57. The predicted molar refractivity (Wildman–Crippen MR) is 74.7 cm³/mol. The van der Waals surface area contributed by atoms with E-state index in [0.717, 1.165) is 5.56 Å². The minimum Gasteiger partial charge on any atom is -0.398 e. The Morgan fingerprint density at radius 2 is 1.95 bits per heavy atom. The van der Waals surface area contributed by atoms with Gasteiger partial charge in [-0.05, 0) is 49.2 Å². The van der Waals surface area contributed by atoms with Gasteiger partial charge >= 0.3 is 0 Å². The fourth-order valence-electron chi connectivity index (χ4n) is 1.82. The Labute approximate surface area is 111 Å². The Balaban J connectivity index is 2.31. The molecule has 0 saturated heterocycles. The van der Waals surface area contributed by atoms with E-state index in [1.807, 2.05) is 6.92 Å². The van der Waals surface area contributed by atoms with Crippen LogP contribution in [-0.4, -0.2) is 5.91 Å². The van der Waals surface area contributed by atoms with Crippen molar-refractivity contribution < 1.29 is 9.18 Å². The second kappa shape index (κ2) is 5.10. The van der Waals surface area contributed by atoms with E-state index in [1.54, 1.807) is 37.3 Å². The monoisotopic (exact) mass is 258 g/mol. The van der Waals surface area contributed by atoms with E-state index < -0.39 is 5.82 Å². The zero-order valence-electron chi connectivity index (χ0n) is 10.8. The van der Waals surface area contributed by atoms with Gasteiger partial charge in [-0.1, -0.05) is 12.1 Å². The van der Waals surface area contributed by atoms with E-state index in [-0.39, 0.29) is 11.6 Å². The molecule has 0 bridgehead atoms. The van der Waals surface area contributed by atoms with Crippen LogP contribution in [0, 0.1) is 19.7 Å².